The minimum Gasteiger partial charge on any atom is -0.344 e. The number of aryl methyl sites for hydroxylation is 1. The van der Waals surface area contributed by atoms with Crippen LogP contribution in [0.3, 0.4) is 0 Å². The van der Waals surface area contributed by atoms with Crippen molar-refractivity contribution in [3.8, 4) is 0 Å². The molecule has 0 saturated heterocycles. The molecule has 5 heteroatoms. The molecule has 0 fully saturated rings. The number of carbonyl (C=O) groups is 2. The van der Waals surface area contributed by atoms with Gasteiger partial charge in [0.05, 0.1) is 0 Å². The van der Waals surface area contributed by atoms with Gasteiger partial charge in [-0.15, -0.1) is 0 Å². The van der Waals surface area contributed by atoms with E-state index >= 15 is 0 Å². The summed E-state index contributed by atoms with van der Waals surface area (Å²) in [5, 5.41) is 5.49. The van der Waals surface area contributed by atoms with Crippen molar-refractivity contribution in [2.24, 2.45) is 5.92 Å². The van der Waals surface area contributed by atoms with Crippen molar-refractivity contribution in [3.63, 3.8) is 0 Å². The lowest BCUT2D eigenvalue weighted by molar-refractivity contribution is -0.126. The molecule has 1 rings (SSSR count). The number of benzene rings is 1. The molecule has 104 valence electrons. The third-order valence-corrected chi connectivity index (χ3v) is 3.62. The fourth-order valence-electron chi connectivity index (χ4n) is 1.70. The van der Waals surface area contributed by atoms with Crippen molar-refractivity contribution in [3.05, 3.63) is 28.2 Å². The number of carbonyl (C=O) groups excluding carboxylic acids is 2. The summed E-state index contributed by atoms with van der Waals surface area (Å²) in [6.45, 7) is 7.15. The van der Waals surface area contributed by atoms with E-state index in [9.17, 15) is 9.59 Å². The van der Waals surface area contributed by atoms with E-state index in [1.54, 1.807) is 0 Å². The lowest BCUT2D eigenvalue weighted by Gasteiger charge is -2.21. The Bertz CT molecular complexity index is 486. The first-order chi connectivity index (χ1) is 8.81. The van der Waals surface area contributed by atoms with Gasteiger partial charge in [0.1, 0.15) is 6.04 Å². The number of anilines is 1. The van der Waals surface area contributed by atoms with Crippen LogP contribution in [0.1, 0.15) is 26.3 Å². The average molecular weight is 327 g/mol. The topological polar surface area (TPSA) is 58.2 Å². The van der Waals surface area contributed by atoms with Gasteiger partial charge in [-0.05, 0) is 36.6 Å². The molecular formula is C14H19BrN2O2. The summed E-state index contributed by atoms with van der Waals surface area (Å²) in [5.41, 5.74) is 1.76. The summed E-state index contributed by atoms with van der Waals surface area (Å²) in [5.74, 6) is -0.381. The molecule has 0 aliphatic carbocycles. The Morgan fingerprint density at radius 1 is 1.26 bits per heavy atom. The minimum absolute atomic E-state index is 0.0282. The van der Waals surface area contributed by atoms with E-state index in [1.807, 2.05) is 39.0 Å². The number of hydrogen-bond donors (Lipinski definition) is 2. The van der Waals surface area contributed by atoms with Gasteiger partial charge >= 0.3 is 0 Å². The minimum atomic E-state index is -0.526. The molecular weight excluding hydrogens is 308 g/mol. The second-order valence-electron chi connectivity index (χ2n) is 4.88. The fraction of sp³-hybridized carbons (Fsp3) is 0.429. The summed E-state index contributed by atoms with van der Waals surface area (Å²) in [7, 11) is 0. The molecule has 0 aromatic heterocycles. The molecule has 0 heterocycles. The summed E-state index contributed by atoms with van der Waals surface area (Å²) < 4.78 is 0.993. The Labute approximate surface area is 122 Å². The van der Waals surface area contributed by atoms with E-state index in [1.165, 1.54) is 6.92 Å². The van der Waals surface area contributed by atoms with Crippen LogP contribution in [0.5, 0.6) is 0 Å². The standard InChI is InChI=1S/C14H19BrN2O2/c1-8(2)13(16-10(4)18)14(19)17-11-5-6-12(15)9(3)7-11/h5-8,13H,1-4H3,(H,16,18)(H,17,19)/t13-/m0/s1. The van der Waals surface area contributed by atoms with Gasteiger partial charge in [-0.1, -0.05) is 29.8 Å². The molecule has 0 bridgehead atoms. The Morgan fingerprint density at radius 2 is 1.89 bits per heavy atom. The first-order valence-electron chi connectivity index (χ1n) is 6.15. The van der Waals surface area contributed by atoms with Crippen LogP contribution in [0.25, 0.3) is 0 Å². The second kappa shape index (κ2) is 6.70. The zero-order valence-corrected chi connectivity index (χ0v) is 13.2. The van der Waals surface area contributed by atoms with Gasteiger partial charge in [-0.3, -0.25) is 9.59 Å². The lowest BCUT2D eigenvalue weighted by atomic mass is 10.0. The van der Waals surface area contributed by atoms with Crippen LogP contribution in [0.4, 0.5) is 5.69 Å². The normalized spacial score (nSPS) is 12.1. The molecule has 1 atom stereocenters. The molecule has 0 spiro atoms. The summed E-state index contributed by atoms with van der Waals surface area (Å²) in [6.07, 6.45) is 0. The highest BCUT2D eigenvalue weighted by molar-refractivity contribution is 9.10. The van der Waals surface area contributed by atoms with Crippen LogP contribution in [0.2, 0.25) is 0 Å². The molecule has 0 aliphatic heterocycles. The number of rotatable bonds is 4. The molecule has 19 heavy (non-hydrogen) atoms. The molecule has 0 saturated carbocycles. The maximum atomic E-state index is 12.1. The fourth-order valence-corrected chi connectivity index (χ4v) is 1.94. The van der Waals surface area contributed by atoms with Gasteiger partial charge in [-0.25, -0.2) is 0 Å². The summed E-state index contributed by atoms with van der Waals surface area (Å²) >= 11 is 3.41. The van der Waals surface area contributed by atoms with Gasteiger partial charge < -0.3 is 10.6 Å². The Balaban J connectivity index is 2.81. The van der Waals surface area contributed by atoms with Crippen molar-refractivity contribution in [1.82, 2.24) is 5.32 Å². The Kier molecular flexibility index (Phi) is 5.54. The smallest absolute Gasteiger partial charge is 0.247 e. The van der Waals surface area contributed by atoms with Crippen LogP contribution >= 0.6 is 15.9 Å². The van der Waals surface area contributed by atoms with Crippen LogP contribution in [0.15, 0.2) is 22.7 Å². The maximum absolute atomic E-state index is 12.1. The van der Waals surface area contributed by atoms with Crippen molar-refractivity contribution in [1.29, 1.82) is 0 Å². The highest BCUT2D eigenvalue weighted by Gasteiger charge is 2.22. The van der Waals surface area contributed by atoms with Crippen LogP contribution in [-0.4, -0.2) is 17.9 Å². The SMILES string of the molecule is CC(=O)N[C@H](C(=O)Nc1ccc(Br)c(C)c1)C(C)C. The zero-order valence-electron chi connectivity index (χ0n) is 11.6. The van der Waals surface area contributed by atoms with Crippen molar-refractivity contribution >= 4 is 33.4 Å². The van der Waals surface area contributed by atoms with Crippen molar-refractivity contribution in [2.75, 3.05) is 5.32 Å². The highest BCUT2D eigenvalue weighted by atomic mass is 79.9. The van der Waals surface area contributed by atoms with Gasteiger partial charge in [-0.2, -0.15) is 0 Å². The van der Waals surface area contributed by atoms with Gasteiger partial charge in [0.25, 0.3) is 0 Å². The molecule has 2 N–H and O–H groups in total. The molecule has 4 nitrogen and oxygen atoms in total. The number of halogens is 1. The molecule has 1 aromatic carbocycles. The third-order valence-electron chi connectivity index (χ3n) is 2.73. The van der Waals surface area contributed by atoms with Gasteiger partial charge in [0.2, 0.25) is 11.8 Å². The third kappa shape index (κ3) is 4.67. The van der Waals surface area contributed by atoms with E-state index in [2.05, 4.69) is 26.6 Å². The Hall–Kier alpha value is -1.36. The number of amides is 2. The monoisotopic (exact) mass is 326 g/mol. The van der Waals surface area contributed by atoms with E-state index in [0.29, 0.717) is 0 Å². The molecule has 0 unspecified atom stereocenters. The van der Waals surface area contributed by atoms with Crippen LogP contribution in [0, 0.1) is 12.8 Å². The van der Waals surface area contributed by atoms with E-state index < -0.39 is 6.04 Å². The molecule has 0 aliphatic rings. The van der Waals surface area contributed by atoms with Crippen molar-refractivity contribution < 1.29 is 9.59 Å². The first kappa shape index (κ1) is 15.7. The second-order valence-corrected chi connectivity index (χ2v) is 5.73. The predicted molar refractivity (Wildman–Crippen MR) is 80.0 cm³/mol. The lowest BCUT2D eigenvalue weighted by Crippen LogP contribution is -2.46. The molecule has 1 aromatic rings. The van der Waals surface area contributed by atoms with Gasteiger partial charge in [0, 0.05) is 17.1 Å². The van der Waals surface area contributed by atoms with Crippen molar-refractivity contribution in [2.45, 2.75) is 33.7 Å². The quantitative estimate of drug-likeness (QED) is 0.893. The van der Waals surface area contributed by atoms with Gasteiger partial charge in [0.15, 0.2) is 0 Å². The highest BCUT2D eigenvalue weighted by Crippen LogP contribution is 2.20. The Morgan fingerprint density at radius 3 is 2.37 bits per heavy atom. The largest absolute Gasteiger partial charge is 0.344 e. The predicted octanol–water partition coefficient (Wildman–Crippen LogP) is 2.86. The van der Waals surface area contributed by atoms with E-state index in [-0.39, 0.29) is 17.7 Å². The van der Waals surface area contributed by atoms with E-state index in [4.69, 9.17) is 0 Å². The molecule has 2 amide bonds. The van der Waals surface area contributed by atoms with Crippen LogP contribution in [-0.2, 0) is 9.59 Å². The van der Waals surface area contributed by atoms with Crippen LogP contribution < -0.4 is 10.6 Å². The number of hydrogen-bond acceptors (Lipinski definition) is 2. The molecule has 0 radical (unpaired) electrons. The summed E-state index contributed by atoms with van der Waals surface area (Å²) in [4.78, 5) is 23.3. The average Bonchev–Trinajstić information content (AvgIpc) is 2.30. The summed E-state index contributed by atoms with van der Waals surface area (Å²) in [6, 6.07) is 5.06. The zero-order chi connectivity index (χ0) is 14.6. The van der Waals surface area contributed by atoms with E-state index in [0.717, 1.165) is 15.7 Å². The maximum Gasteiger partial charge on any atom is 0.247 e. The first-order valence-corrected chi connectivity index (χ1v) is 6.94. The number of nitrogens with one attached hydrogen (secondary N) is 2.